The molecule has 11 fully saturated rings. The van der Waals surface area contributed by atoms with Crippen LogP contribution in [-0.2, 0) is 80.1 Å². The number of morpholine rings is 2. The molecule has 0 amide bonds. The molecule has 1 atom stereocenters. The van der Waals surface area contributed by atoms with Gasteiger partial charge in [-0.15, -0.1) is 0 Å². The Bertz CT molecular complexity index is 3780. The number of sulfonamides is 3. The average molecular weight is 2220 g/mol. The van der Waals surface area contributed by atoms with Crippen LogP contribution in [0.25, 0.3) is 0 Å². The standard InChI is InChI=1S/3C18H33P.C15H21NO4S.C14H19NO4S.C12H17NO3S.6ClH.3Ru/c3*1-4-10-16(11-5-1)19(17-12-6-2-7-13-17)18-14-8-3-9-15-18;1-4-13(3)20-15-6-5-14(11-12(15)2)21(17,18)16-7-9-19-10-8-16;1-11(2)19-14-5-4-13(10-12(14)3)20(16,17)15-6-8-18-9-7-15;1-9(2)16-12-7-6-11(8-10(12)3)17(14,15)13(4)5;;;;;;;;;/h3*16-18H,1-15H2;2,5-6,11,13H,4,7-10H2,1,3H3;3-5,10-11H,6-9H2,1-2H3;3,6-9H,1-2,4-5H3;6*1H;;;/q;;;;;;;;;;;;3*+2/p-3. The van der Waals surface area contributed by atoms with Crippen LogP contribution < -0.4 is 14.2 Å². The van der Waals surface area contributed by atoms with Crippen LogP contribution in [0.3, 0.4) is 0 Å². The topological polar surface area (TPSA) is 158 Å². The molecule has 9 saturated carbocycles. The summed E-state index contributed by atoms with van der Waals surface area (Å²) in [6, 6.07) is 14.3. The summed E-state index contributed by atoms with van der Waals surface area (Å²) < 4.78 is 112. The molecule has 29 heteroatoms. The molecule has 11 aliphatic rings. The van der Waals surface area contributed by atoms with E-state index in [0.717, 1.165) is 10.7 Å². The van der Waals surface area contributed by atoms with Crippen molar-refractivity contribution in [2.75, 3.05) is 66.7 Å². The van der Waals surface area contributed by atoms with Gasteiger partial charge in [-0.25, -0.2) is 0 Å². The van der Waals surface area contributed by atoms with Gasteiger partial charge in [0.1, 0.15) is 0 Å². The summed E-state index contributed by atoms with van der Waals surface area (Å²) in [7, 11) is 27.9. The van der Waals surface area contributed by atoms with Crippen molar-refractivity contribution in [2.45, 2.75) is 421 Å². The zero-order chi connectivity index (χ0) is 89.0. The van der Waals surface area contributed by atoms with Crippen molar-refractivity contribution < 1.29 is 89.5 Å². The first-order valence-electron chi connectivity index (χ1n) is 48.2. The number of hydrogen-bond donors (Lipinski definition) is 0. The van der Waals surface area contributed by atoms with Crippen molar-refractivity contribution in [2.24, 2.45) is 0 Å². The van der Waals surface area contributed by atoms with E-state index in [0.29, 0.717) is 86.5 Å². The molecule has 0 radical (unpaired) electrons. The van der Waals surface area contributed by atoms with Crippen molar-refractivity contribution in [1.29, 1.82) is 0 Å². The Morgan fingerprint density at radius 2 is 0.565 bits per heavy atom. The maximum absolute atomic E-state index is 12.8. The molecule has 124 heavy (non-hydrogen) atoms. The fourth-order valence-corrected chi connectivity index (χ4v) is 46.5. The molecule has 0 N–H and O–H groups in total. The second-order valence-corrected chi connectivity index (χ2v) is 71.1. The second-order valence-electron chi connectivity index (χ2n) is 37.5. The minimum absolute atomic E-state index is 0.0187. The van der Waals surface area contributed by atoms with E-state index in [2.05, 4.69) is 0 Å². The van der Waals surface area contributed by atoms with Crippen molar-refractivity contribution in [3.8, 4) is 17.2 Å². The summed E-state index contributed by atoms with van der Waals surface area (Å²) in [5.41, 5.74) is 12.9. The Morgan fingerprint density at radius 1 is 0.355 bits per heavy atom. The quantitative estimate of drug-likeness (QED) is 0.0587. The first-order valence-corrected chi connectivity index (χ1v) is 74.2. The molecule has 3 aromatic rings. The summed E-state index contributed by atoms with van der Waals surface area (Å²) in [5.74, 6) is 1.77. The predicted molar refractivity (Wildman–Crippen MR) is 529 cm³/mol. The zero-order valence-electron chi connectivity index (χ0n) is 76.4. The summed E-state index contributed by atoms with van der Waals surface area (Å²) >= 11 is -6.31. The minimum atomic E-state index is -3.56. The number of hydrogen-bond acceptors (Lipinski definition) is 11. The first kappa shape index (κ1) is 109. The van der Waals surface area contributed by atoms with Gasteiger partial charge in [-0.3, -0.25) is 0 Å². The van der Waals surface area contributed by atoms with Crippen molar-refractivity contribution in [1.82, 2.24) is 12.9 Å². The van der Waals surface area contributed by atoms with Gasteiger partial charge in [0, 0.05) is 23.8 Å². The molecule has 3 aromatic carbocycles. The summed E-state index contributed by atoms with van der Waals surface area (Å²) in [6.45, 7) is 14.6. The fraction of sp³-hybridized carbons (Fsp3) is 0.779. The van der Waals surface area contributed by atoms with Gasteiger partial charge in [0.2, 0.25) is 0 Å². The number of rotatable bonds is 25. The second kappa shape index (κ2) is 58.1. The Morgan fingerprint density at radius 3 is 0.766 bits per heavy atom. The number of ether oxygens (including phenoxy) is 5. The van der Waals surface area contributed by atoms with Crippen LogP contribution in [0.15, 0.2) is 69.3 Å². The molecule has 2 aliphatic heterocycles. The van der Waals surface area contributed by atoms with Crippen molar-refractivity contribution in [3.05, 3.63) is 71.3 Å². The monoisotopic (exact) mass is 2220 g/mol. The average Bonchev–Trinajstić information content (AvgIpc) is 0.796. The van der Waals surface area contributed by atoms with Crippen molar-refractivity contribution >= 4 is 126 Å². The van der Waals surface area contributed by atoms with E-state index in [9.17, 15) is 25.3 Å². The van der Waals surface area contributed by atoms with E-state index in [4.69, 9.17) is 81.8 Å². The van der Waals surface area contributed by atoms with Gasteiger partial charge >= 0.3 is 441 Å². The number of nitrogens with zero attached hydrogens (tertiary/aromatic N) is 3. The van der Waals surface area contributed by atoms with Crippen LogP contribution in [-0.4, -0.2) is 188 Å². The predicted octanol–water partition coefficient (Wildman–Crippen LogP) is 26.9. The van der Waals surface area contributed by atoms with Crippen LogP contribution in [0.5, 0.6) is 17.2 Å². The Kier molecular flexibility index (Phi) is 51.0. The van der Waals surface area contributed by atoms with E-state index in [1.807, 2.05) is 41.5 Å². The summed E-state index contributed by atoms with van der Waals surface area (Å²) in [4.78, 5) is 0.620. The molecular formula is C95H159Cl6N3O11P3Ru3S3+3. The third kappa shape index (κ3) is 36.0. The Hall–Kier alpha value is 1.22. The first-order chi connectivity index (χ1) is 59.6. The molecule has 0 aromatic heterocycles. The maximum atomic E-state index is 12.8. The van der Waals surface area contributed by atoms with Gasteiger partial charge in [0.15, 0.2) is 0 Å². The number of halogens is 6. The third-order valence-corrected chi connectivity index (χ3v) is 52.6. The van der Waals surface area contributed by atoms with E-state index in [-0.39, 0.29) is 56.8 Å². The van der Waals surface area contributed by atoms with E-state index >= 15 is 0 Å². The van der Waals surface area contributed by atoms with Crippen LogP contribution in [0, 0.1) is 0 Å². The molecule has 14 rings (SSSR count). The zero-order valence-corrected chi connectivity index (χ0v) is 91.6. The van der Waals surface area contributed by atoms with Gasteiger partial charge in [-0.2, -0.15) is 0 Å². The van der Waals surface area contributed by atoms with Gasteiger partial charge < -0.3 is 0 Å². The SMILES string of the molecule is C1CCC([PH+](C2CCCCC2)C2CCCCC2)CC1.C1CCC([PH+](C2CCCCC2)C2CCCCC2)CC1.C1CCC([PH+](C2CCCCC2)C2CCCCC2)CC1.CC(C)Oc1ccc(S(=O)(=O)N(C)C)cc1[CH]=[Ru]([Cl])[Cl].CC(C)Oc1ccc(S(=O)(=O)N2CCOCC2)cc1[CH]=[Ru]([Cl])[Cl].CCC(C)Oc1ccc(S(=O)(=O)N2CCOCC2)cc1[CH]=[Ru]([Cl])[Cl]. The fourth-order valence-electron chi connectivity index (χ4n) is 21.7. The van der Waals surface area contributed by atoms with E-state index in [1.54, 1.807) is 351 Å². The molecule has 1 unspecified atom stereocenters. The molecule has 14 nitrogen and oxygen atoms in total. The molecule has 2 heterocycles. The van der Waals surface area contributed by atoms with Crippen LogP contribution in [0.2, 0.25) is 0 Å². The third-order valence-electron chi connectivity index (χ3n) is 27.8. The molecule has 9 aliphatic carbocycles. The van der Waals surface area contributed by atoms with Gasteiger partial charge in [0.25, 0.3) is 0 Å². The van der Waals surface area contributed by atoms with E-state index in [1.165, 1.54) is 79.7 Å². The van der Waals surface area contributed by atoms with Crippen LogP contribution in [0.1, 0.15) is 354 Å². The Labute approximate surface area is 796 Å². The number of benzene rings is 3. The molecule has 0 bridgehead atoms. The van der Waals surface area contributed by atoms with Crippen LogP contribution in [0.4, 0.5) is 0 Å². The molecule has 716 valence electrons. The van der Waals surface area contributed by atoms with Gasteiger partial charge in [0.05, 0.1) is 50.9 Å². The molecule has 0 spiro atoms. The van der Waals surface area contributed by atoms with E-state index < -0.39 is 70.6 Å². The summed E-state index contributed by atoms with van der Waals surface area (Å²) in [6.07, 6.45) is 72.2. The van der Waals surface area contributed by atoms with Crippen LogP contribution >= 0.6 is 81.9 Å². The summed E-state index contributed by atoms with van der Waals surface area (Å²) in [5, 5.41) is 0. The molecule has 2 saturated heterocycles. The normalized spacial score (nSPS) is 22.0. The Balaban J connectivity index is 0.000000169. The van der Waals surface area contributed by atoms with Gasteiger partial charge in [-0.1, -0.05) is 57.8 Å². The van der Waals surface area contributed by atoms with Crippen molar-refractivity contribution in [3.63, 3.8) is 0 Å². The van der Waals surface area contributed by atoms with Gasteiger partial charge in [-0.05, 0) is 231 Å². The molecular weight excluding hydrogens is 2060 g/mol.